The van der Waals surface area contributed by atoms with Crippen LogP contribution in [0, 0.1) is 0 Å². The average Bonchev–Trinajstić information content (AvgIpc) is 2.58. The molecule has 1 aromatic rings. The van der Waals surface area contributed by atoms with Gasteiger partial charge in [-0.3, -0.25) is 0 Å². The van der Waals surface area contributed by atoms with Crippen LogP contribution in [0.15, 0.2) is 24.3 Å². The minimum atomic E-state index is -0.0756. The second-order valence-electron chi connectivity index (χ2n) is 4.12. The summed E-state index contributed by atoms with van der Waals surface area (Å²) in [7, 11) is 1.75. The fourth-order valence-electron chi connectivity index (χ4n) is 2.16. The molecule has 0 spiro atoms. The van der Waals surface area contributed by atoms with Gasteiger partial charge in [0.15, 0.2) is 0 Å². The fourth-order valence-corrected chi connectivity index (χ4v) is 2.42. The fraction of sp³-hybridized carbons (Fsp3) is 0.417. The van der Waals surface area contributed by atoms with Crippen molar-refractivity contribution in [2.24, 2.45) is 0 Å². The number of hydrogen-bond donors (Lipinski definition) is 1. The quantitative estimate of drug-likeness (QED) is 0.893. The summed E-state index contributed by atoms with van der Waals surface area (Å²) in [5, 5.41) is 9.68. The molecule has 1 heterocycles. The van der Waals surface area contributed by atoms with Crippen LogP contribution in [0.3, 0.4) is 0 Å². The molecule has 92 valence electrons. The van der Waals surface area contributed by atoms with Crippen molar-refractivity contribution >= 4 is 17.6 Å². The van der Waals surface area contributed by atoms with E-state index < -0.39 is 0 Å². The summed E-state index contributed by atoms with van der Waals surface area (Å²) in [4.78, 5) is 15.2. The highest BCUT2D eigenvalue weighted by molar-refractivity contribution is 6.31. The van der Waals surface area contributed by atoms with Crippen molar-refractivity contribution in [1.29, 1.82) is 0 Å². The van der Waals surface area contributed by atoms with Gasteiger partial charge in [0.2, 0.25) is 0 Å². The smallest absolute Gasteiger partial charge is 0.320 e. The van der Waals surface area contributed by atoms with E-state index in [1.165, 1.54) is 0 Å². The summed E-state index contributed by atoms with van der Waals surface area (Å²) >= 11 is 6.15. The van der Waals surface area contributed by atoms with Gasteiger partial charge in [-0.15, -0.1) is 0 Å². The number of carbonyl (C=O) groups is 1. The molecule has 0 aromatic heterocycles. The summed E-state index contributed by atoms with van der Waals surface area (Å²) in [6.07, 6.45) is 0. The van der Waals surface area contributed by atoms with Crippen molar-refractivity contribution in [3.05, 3.63) is 34.9 Å². The van der Waals surface area contributed by atoms with E-state index in [2.05, 4.69) is 0 Å². The van der Waals surface area contributed by atoms with Crippen LogP contribution in [-0.4, -0.2) is 47.7 Å². The minimum Gasteiger partial charge on any atom is -0.395 e. The van der Waals surface area contributed by atoms with E-state index in [0.717, 1.165) is 5.56 Å². The van der Waals surface area contributed by atoms with E-state index in [1.54, 1.807) is 16.8 Å². The molecule has 0 bridgehead atoms. The predicted molar refractivity (Wildman–Crippen MR) is 66.0 cm³/mol. The first-order valence-electron chi connectivity index (χ1n) is 5.52. The second-order valence-corrected chi connectivity index (χ2v) is 4.52. The molecule has 1 N–H and O–H groups in total. The number of aliphatic hydroxyl groups is 1. The lowest BCUT2D eigenvalue weighted by atomic mass is 10.1. The van der Waals surface area contributed by atoms with Gasteiger partial charge in [-0.05, 0) is 11.6 Å². The summed E-state index contributed by atoms with van der Waals surface area (Å²) in [5.74, 6) is 0. The maximum Gasteiger partial charge on any atom is 0.320 e. The number of aliphatic hydroxyl groups excluding tert-OH is 1. The monoisotopic (exact) mass is 254 g/mol. The molecule has 4 nitrogen and oxygen atoms in total. The van der Waals surface area contributed by atoms with E-state index in [-0.39, 0.29) is 18.7 Å². The number of nitrogens with zero attached hydrogens (tertiary/aromatic N) is 2. The van der Waals surface area contributed by atoms with Gasteiger partial charge in [0.05, 0.1) is 12.6 Å². The Morgan fingerprint density at radius 1 is 1.47 bits per heavy atom. The van der Waals surface area contributed by atoms with Gasteiger partial charge in [-0.2, -0.15) is 0 Å². The number of likely N-dealkylation sites (N-methyl/N-ethyl adjacent to an activating group) is 1. The molecule has 1 aromatic carbocycles. The van der Waals surface area contributed by atoms with Gasteiger partial charge in [0.1, 0.15) is 0 Å². The van der Waals surface area contributed by atoms with Crippen LogP contribution < -0.4 is 0 Å². The third-order valence-corrected chi connectivity index (χ3v) is 3.34. The number of β-amino-alcohol motifs (C(OH)–C–C–N with tert-alkyl or cyclic N) is 1. The van der Waals surface area contributed by atoms with Gasteiger partial charge in [-0.25, -0.2) is 4.79 Å². The first-order valence-corrected chi connectivity index (χ1v) is 5.90. The summed E-state index contributed by atoms with van der Waals surface area (Å²) < 4.78 is 0. The van der Waals surface area contributed by atoms with Crippen LogP contribution >= 0.6 is 11.6 Å². The maximum atomic E-state index is 11.9. The SMILES string of the molecule is CN1CC(c2ccccc2Cl)N(CCO)C1=O. The lowest BCUT2D eigenvalue weighted by Gasteiger charge is -2.23. The molecule has 5 heteroatoms. The van der Waals surface area contributed by atoms with Crippen molar-refractivity contribution in [3.63, 3.8) is 0 Å². The Bertz CT molecular complexity index is 425. The van der Waals surface area contributed by atoms with Gasteiger partial charge in [0.25, 0.3) is 0 Å². The van der Waals surface area contributed by atoms with Gasteiger partial charge in [0, 0.05) is 25.2 Å². The highest BCUT2D eigenvalue weighted by Gasteiger charge is 2.36. The lowest BCUT2D eigenvalue weighted by Crippen LogP contribution is -2.33. The molecule has 1 aliphatic heterocycles. The number of hydrogen-bond acceptors (Lipinski definition) is 2. The van der Waals surface area contributed by atoms with E-state index in [0.29, 0.717) is 18.1 Å². The van der Waals surface area contributed by atoms with Crippen LogP contribution in [-0.2, 0) is 0 Å². The van der Waals surface area contributed by atoms with Crippen molar-refractivity contribution in [2.45, 2.75) is 6.04 Å². The normalized spacial score (nSPS) is 20.2. The Hall–Kier alpha value is -1.26. The molecule has 1 fully saturated rings. The Balaban J connectivity index is 2.31. The van der Waals surface area contributed by atoms with Crippen molar-refractivity contribution in [2.75, 3.05) is 26.7 Å². The second kappa shape index (κ2) is 4.94. The largest absolute Gasteiger partial charge is 0.395 e. The molecule has 0 saturated carbocycles. The van der Waals surface area contributed by atoms with E-state index in [9.17, 15) is 4.79 Å². The number of urea groups is 1. The first kappa shape index (κ1) is 12.2. The van der Waals surface area contributed by atoms with E-state index in [1.807, 2.05) is 24.3 Å². The van der Waals surface area contributed by atoms with Gasteiger partial charge >= 0.3 is 6.03 Å². The molecule has 0 radical (unpaired) electrons. The van der Waals surface area contributed by atoms with Crippen LogP contribution in [0.2, 0.25) is 5.02 Å². The Kier molecular flexibility index (Phi) is 3.54. The van der Waals surface area contributed by atoms with Crippen LogP contribution in [0.1, 0.15) is 11.6 Å². The Morgan fingerprint density at radius 3 is 2.82 bits per heavy atom. The van der Waals surface area contributed by atoms with E-state index in [4.69, 9.17) is 16.7 Å². The van der Waals surface area contributed by atoms with Gasteiger partial charge < -0.3 is 14.9 Å². The predicted octanol–water partition coefficient (Wildman–Crippen LogP) is 1.74. The molecule has 2 amide bonds. The number of rotatable bonds is 3. The Morgan fingerprint density at radius 2 is 2.18 bits per heavy atom. The zero-order valence-corrected chi connectivity index (χ0v) is 10.4. The standard InChI is InChI=1S/C12H15ClN2O2/c1-14-8-11(15(6-7-16)12(14)17)9-4-2-3-5-10(9)13/h2-5,11,16H,6-8H2,1H3. The molecule has 1 unspecified atom stereocenters. The van der Waals surface area contributed by atoms with Crippen molar-refractivity contribution in [1.82, 2.24) is 9.80 Å². The number of amides is 2. The highest BCUT2D eigenvalue weighted by atomic mass is 35.5. The lowest BCUT2D eigenvalue weighted by molar-refractivity contribution is 0.172. The summed E-state index contributed by atoms with van der Waals surface area (Å²) in [6, 6.07) is 7.36. The minimum absolute atomic E-state index is 0.0411. The third kappa shape index (κ3) is 2.23. The summed E-state index contributed by atoms with van der Waals surface area (Å²) in [6.45, 7) is 0.891. The molecule has 17 heavy (non-hydrogen) atoms. The number of benzene rings is 1. The van der Waals surface area contributed by atoms with Crippen LogP contribution in [0.4, 0.5) is 4.79 Å². The van der Waals surface area contributed by atoms with Crippen LogP contribution in [0.5, 0.6) is 0 Å². The molecule has 1 atom stereocenters. The average molecular weight is 255 g/mol. The third-order valence-electron chi connectivity index (χ3n) is 3.00. The molecule has 0 aliphatic carbocycles. The van der Waals surface area contributed by atoms with Crippen molar-refractivity contribution in [3.8, 4) is 0 Å². The summed E-state index contributed by atoms with van der Waals surface area (Å²) in [5.41, 5.74) is 0.931. The van der Waals surface area contributed by atoms with Crippen molar-refractivity contribution < 1.29 is 9.90 Å². The molecular weight excluding hydrogens is 240 g/mol. The number of halogens is 1. The topological polar surface area (TPSA) is 43.8 Å². The first-order chi connectivity index (χ1) is 8.15. The molecule has 1 saturated heterocycles. The molecule has 1 aliphatic rings. The molecular formula is C12H15ClN2O2. The zero-order chi connectivity index (χ0) is 12.4. The molecule has 2 rings (SSSR count). The highest BCUT2D eigenvalue weighted by Crippen LogP contribution is 2.32. The van der Waals surface area contributed by atoms with Gasteiger partial charge in [-0.1, -0.05) is 29.8 Å². The Labute approximate surface area is 105 Å². The number of carbonyl (C=O) groups excluding carboxylic acids is 1. The maximum absolute atomic E-state index is 11.9. The zero-order valence-electron chi connectivity index (χ0n) is 9.64. The van der Waals surface area contributed by atoms with E-state index >= 15 is 0 Å². The van der Waals surface area contributed by atoms with Crippen LogP contribution in [0.25, 0.3) is 0 Å².